The van der Waals surface area contributed by atoms with Crippen LogP contribution in [0.25, 0.3) is 0 Å². The summed E-state index contributed by atoms with van der Waals surface area (Å²) in [6, 6.07) is 8.94. The molecule has 86 valence electrons. The van der Waals surface area contributed by atoms with Gasteiger partial charge >= 0.3 is 0 Å². The van der Waals surface area contributed by atoms with Crippen molar-refractivity contribution < 1.29 is 0 Å². The topological polar surface area (TPSA) is 29.3 Å². The number of rotatable bonds is 4. The lowest BCUT2D eigenvalue weighted by Crippen LogP contribution is -2.17. The van der Waals surface area contributed by atoms with Gasteiger partial charge in [-0.05, 0) is 38.6 Å². The largest absolute Gasteiger partial charge is 0.328 e. The maximum atomic E-state index is 5.73. The van der Waals surface area contributed by atoms with Gasteiger partial charge in [0.1, 0.15) is 0 Å². The molecule has 1 rings (SSSR count). The first-order chi connectivity index (χ1) is 6.58. The van der Waals surface area contributed by atoms with Crippen molar-refractivity contribution in [3.63, 3.8) is 0 Å². The van der Waals surface area contributed by atoms with Crippen molar-refractivity contribution in [3.8, 4) is 0 Å². The number of halogens is 1. The molecule has 1 aromatic carbocycles. The van der Waals surface area contributed by atoms with Crippen molar-refractivity contribution in [3.05, 3.63) is 35.4 Å². The molecule has 0 aliphatic carbocycles. The van der Waals surface area contributed by atoms with Crippen LogP contribution >= 0.6 is 12.4 Å². The first-order valence-electron chi connectivity index (χ1n) is 5.06. The van der Waals surface area contributed by atoms with E-state index in [0.717, 1.165) is 13.0 Å². The second kappa shape index (κ2) is 6.83. The number of hydrogen-bond donors (Lipinski definition) is 1. The number of nitrogens with two attached hydrogens (primary N) is 1. The molecule has 15 heavy (non-hydrogen) atoms. The Bertz CT molecular complexity index is 238. The standard InChI is InChI=1S/C12H20N2.ClH/c1-10(13)8-11-4-6-12(7-5-11)9-14(2)3;/h4-7,10H,8-9,13H2,1-3H3;1H. The first kappa shape index (κ1) is 14.4. The SMILES string of the molecule is CC(N)Cc1ccc(CN(C)C)cc1.Cl. The van der Waals surface area contributed by atoms with Crippen LogP contribution in [0.2, 0.25) is 0 Å². The smallest absolute Gasteiger partial charge is 0.0227 e. The molecule has 0 fully saturated rings. The molecule has 0 radical (unpaired) electrons. The van der Waals surface area contributed by atoms with E-state index in [4.69, 9.17) is 5.73 Å². The van der Waals surface area contributed by atoms with Crippen LogP contribution in [0, 0.1) is 0 Å². The zero-order chi connectivity index (χ0) is 10.6. The quantitative estimate of drug-likeness (QED) is 0.855. The van der Waals surface area contributed by atoms with Crippen molar-refractivity contribution >= 4 is 12.4 Å². The molecule has 0 saturated heterocycles. The second-order valence-electron chi connectivity index (χ2n) is 4.24. The third kappa shape index (κ3) is 5.78. The molecule has 0 heterocycles. The van der Waals surface area contributed by atoms with Gasteiger partial charge in [-0.3, -0.25) is 0 Å². The summed E-state index contributed by atoms with van der Waals surface area (Å²) in [7, 11) is 4.16. The normalized spacial score (nSPS) is 12.3. The van der Waals surface area contributed by atoms with Crippen LogP contribution in [-0.2, 0) is 13.0 Å². The van der Waals surface area contributed by atoms with Crippen LogP contribution in [0.1, 0.15) is 18.1 Å². The van der Waals surface area contributed by atoms with E-state index >= 15 is 0 Å². The summed E-state index contributed by atoms with van der Waals surface area (Å²) in [6.45, 7) is 3.03. The van der Waals surface area contributed by atoms with Crippen LogP contribution in [0.3, 0.4) is 0 Å². The third-order valence-corrected chi connectivity index (χ3v) is 2.08. The minimum Gasteiger partial charge on any atom is -0.328 e. The molecular formula is C12H21ClN2. The number of hydrogen-bond acceptors (Lipinski definition) is 2. The van der Waals surface area contributed by atoms with E-state index in [9.17, 15) is 0 Å². The minimum absolute atomic E-state index is 0. The Morgan fingerprint density at radius 1 is 1.13 bits per heavy atom. The molecule has 0 aliphatic rings. The van der Waals surface area contributed by atoms with Crippen LogP contribution < -0.4 is 5.73 Å². The molecule has 0 aromatic heterocycles. The molecule has 0 saturated carbocycles. The van der Waals surface area contributed by atoms with E-state index < -0.39 is 0 Å². The molecule has 0 aliphatic heterocycles. The highest BCUT2D eigenvalue weighted by Crippen LogP contribution is 2.07. The lowest BCUT2D eigenvalue weighted by atomic mass is 10.1. The maximum Gasteiger partial charge on any atom is 0.0227 e. The second-order valence-corrected chi connectivity index (χ2v) is 4.24. The first-order valence-corrected chi connectivity index (χ1v) is 5.06. The van der Waals surface area contributed by atoms with Crippen molar-refractivity contribution in [2.75, 3.05) is 14.1 Å². The van der Waals surface area contributed by atoms with E-state index in [1.807, 2.05) is 6.92 Å². The molecule has 0 spiro atoms. The van der Waals surface area contributed by atoms with Crippen LogP contribution in [0.5, 0.6) is 0 Å². The lowest BCUT2D eigenvalue weighted by Gasteiger charge is -2.10. The number of benzene rings is 1. The van der Waals surface area contributed by atoms with E-state index in [1.165, 1.54) is 11.1 Å². The highest BCUT2D eigenvalue weighted by molar-refractivity contribution is 5.85. The zero-order valence-corrected chi connectivity index (χ0v) is 10.6. The molecular weight excluding hydrogens is 208 g/mol. The Hall–Kier alpha value is -0.570. The van der Waals surface area contributed by atoms with Crippen LogP contribution in [0.15, 0.2) is 24.3 Å². The molecule has 0 bridgehead atoms. The third-order valence-electron chi connectivity index (χ3n) is 2.08. The van der Waals surface area contributed by atoms with E-state index in [0.29, 0.717) is 0 Å². The Labute approximate surface area is 98.9 Å². The van der Waals surface area contributed by atoms with Gasteiger partial charge in [0.2, 0.25) is 0 Å². The summed E-state index contributed by atoms with van der Waals surface area (Å²) >= 11 is 0. The van der Waals surface area contributed by atoms with Gasteiger partial charge in [-0.25, -0.2) is 0 Å². The van der Waals surface area contributed by atoms with Crippen LogP contribution in [-0.4, -0.2) is 25.0 Å². The van der Waals surface area contributed by atoms with Crippen LogP contribution in [0.4, 0.5) is 0 Å². The average molecular weight is 229 g/mol. The monoisotopic (exact) mass is 228 g/mol. The Balaban J connectivity index is 0.00000196. The van der Waals surface area contributed by atoms with Gasteiger partial charge in [-0.2, -0.15) is 0 Å². The summed E-state index contributed by atoms with van der Waals surface area (Å²) in [4.78, 5) is 2.17. The Morgan fingerprint density at radius 3 is 2.00 bits per heavy atom. The maximum absolute atomic E-state index is 5.73. The summed E-state index contributed by atoms with van der Waals surface area (Å²) < 4.78 is 0. The predicted octanol–water partition coefficient (Wildman–Crippen LogP) is 2.06. The minimum atomic E-state index is 0. The Morgan fingerprint density at radius 2 is 1.60 bits per heavy atom. The van der Waals surface area contributed by atoms with Gasteiger partial charge in [0.05, 0.1) is 0 Å². The molecule has 1 aromatic rings. The highest BCUT2D eigenvalue weighted by Gasteiger charge is 1.98. The average Bonchev–Trinajstić information content (AvgIpc) is 2.06. The summed E-state index contributed by atoms with van der Waals surface area (Å²) in [5.74, 6) is 0. The Kier molecular flexibility index (Phi) is 6.57. The summed E-state index contributed by atoms with van der Waals surface area (Å²) in [5, 5.41) is 0. The predicted molar refractivity (Wildman–Crippen MR) is 68.4 cm³/mol. The van der Waals surface area contributed by atoms with Gasteiger partial charge in [0.25, 0.3) is 0 Å². The van der Waals surface area contributed by atoms with Gasteiger partial charge in [0, 0.05) is 12.6 Å². The molecule has 1 atom stereocenters. The fourth-order valence-corrected chi connectivity index (χ4v) is 1.52. The molecule has 1 unspecified atom stereocenters. The van der Waals surface area contributed by atoms with Gasteiger partial charge in [-0.1, -0.05) is 24.3 Å². The van der Waals surface area contributed by atoms with Crippen molar-refractivity contribution in [2.45, 2.75) is 25.9 Å². The van der Waals surface area contributed by atoms with Gasteiger partial charge in [-0.15, -0.1) is 12.4 Å². The molecule has 3 heteroatoms. The molecule has 0 amide bonds. The molecule has 2 nitrogen and oxygen atoms in total. The summed E-state index contributed by atoms with van der Waals surface area (Å²) in [6.07, 6.45) is 0.961. The van der Waals surface area contributed by atoms with E-state index in [-0.39, 0.29) is 18.4 Å². The zero-order valence-electron chi connectivity index (χ0n) is 9.73. The lowest BCUT2D eigenvalue weighted by molar-refractivity contribution is 0.402. The molecule has 2 N–H and O–H groups in total. The fraction of sp³-hybridized carbons (Fsp3) is 0.500. The van der Waals surface area contributed by atoms with Gasteiger partial charge < -0.3 is 10.6 Å². The highest BCUT2D eigenvalue weighted by atomic mass is 35.5. The van der Waals surface area contributed by atoms with Crippen molar-refractivity contribution in [1.82, 2.24) is 4.90 Å². The van der Waals surface area contributed by atoms with Crippen molar-refractivity contribution in [2.24, 2.45) is 5.73 Å². The van der Waals surface area contributed by atoms with Gasteiger partial charge in [0.15, 0.2) is 0 Å². The van der Waals surface area contributed by atoms with Crippen molar-refractivity contribution in [1.29, 1.82) is 0 Å². The summed E-state index contributed by atoms with van der Waals surface area (Å²) in [5.41, 5.74) is 8.41. The fourth-order valence-electron chi connectivity index (χ4n) is 1.52. The number of nitrogens with zero attached hydrogens (tertiary/aromatic N) is 1. The van der Waals surface area contributed by atoms with E-state index in [2.05, 4.69) is 43.3 Å². The van der Waals surface area contributed by atoms with E-state index in [1.54, 1.807) is 0 Å².